The maximum atomic E-state index is 11.2. The molecule has 1 aromatic heterocycles. The van der Waals surface area contributed by atoms with Crippen LogP contribution in [-0.4, -0.2) is 12.2 Å². The average molecular weight is 294 g/mol. The van der Waals surface area contributed by atoms with Crippen molar-refractivity contribution in [3.8, 4) is 11.3 Å². The fourth-order valence-corrected chi connectivity index (χ4v) is 1.88. The van der Waals surface area contributed by atoms with Crippen molar-refractivity contribution in [3.05, 3.63) is 46.1 Å². The molecule has 0 fully saturated rings. The zero-order chi connectivity index (χ0) is 12.4. The van der Waals surface area contributed by atoms with E-state index < -0.39 is 5.91 Å². The summed E-state index contributed by atoms with van der Waals surface area (Å²) in [6, 6.07) is 8.31. The lowest BCUT2D eigenvalue weighted by Crippen LogP contribution is -2.11. The van der Waals surface area contributed by atoms with Crippen LogP contribution in [0.4, 0.5) is 0 Å². The molecule has 0 saturated heterocycles. The number of rotatable bonds is 3. The van der Waals surface area contributed by atoms with Crippen LogP contribution in [0.15, 0.2) is 39.2 Å². The molecule has 1 heterocycles. The third kappa shape index (κ3) is 2.29. The zero-order valence-corrected chi connectivity index (χ0v) is 10.2. The third-order valence-corrected chi connectivity index (χ3v) is 2.95. The molecule has 2 N–H and O–H groups in total. The molecule has 86 valence electrons. The van der Waals surface area contributed by atoms with E-state index in [4.69, 9.17) is 10.2 Å². The molecule has 2 aromatic rings. The molecular weight excluding hydrogens is 286 g/mol. The number of halogens is 1. The highest BCUT2D eigenvalue weighted by Crippen LogP contribution is 2.26. The number of furan rings is 1. The first-order chi connectivity index (χ1) is 8.11. The van der Waals surface area contributed by atoms with Gasteiger partial charge in [0, 0.05) is 10.0 Å². The van der Waals surface area contributed by atoms with Gasteiger partial charge in [-0.2, -0.15) is 0 Å². The lowest BCUT2D eigenvalue weighted by Gasteiger charge is -2.02. The smallest absolute Gasteiger partial charge is 0.249 e. The van der Waals surface area contributed by atoms with Crippen molar-refractivity contribution in [2.45, 2.75) is 0 Å². The number of hydrogen-bond donors (Lipinski definition) is 1. The van der Waals surface area contributed by atoms with E-state index in [9.17, 15) is 9.59 Å². The Morgan fingerprint density at radius 2 is 2.06 bits per heavy atom. The van der Waals surface area contributed by atoms with Gasteiger partial charge >= 0.3 is 0 Å². The topological polar surface area (TPSA) is 73.3 Å². The van der Waals surface area contributed by atoms with Gasteiger partial charge in [-0.1, -0.05) is 6.07 Å². The highest BCUT2D eigenvalue weighted by Gasteiger charge is 2.10. The van der Waals surface area contributed by atoms with E-state index in [1.165, 1.54) is 0 Å². The molecule has 17 heavy (non-hydrogen) atoms. The van der Waals surface area contributed by atoms with Crippen LogP contribution in [0.3, 0.4) is 0 Å². The van der Waals surface area contributed by atoms with Gasteiger partial charge in [0.05, 0.1) is 5.56 Å². The van der Waals surface area contributed by atoms with Crippen molar-refractivity contribution in [1.29, 1.82) is 0 Å². The molecule has 0 atom stereocenters. The van der Waals surface area contributed by atoms with Gasteiger partial charge < -0.3 is 10.2 Å². The number of hydrogen-bond acceptors (Lipinski definition) is 3. The second-order valence-electron chi connectivity index (χ2n) is 3.38. The summed E-state index contributed by atoms with van der Waals surface area (Å²) < 4.78 is 5.88. The molecule has 4 nitrogen and oxygen atoms in total. The van der Waals surface area contributed by atoms with E-state index in [0.29, 0.717) is 27.6 Å². The van der Waals surface area contributed by atoms with Gasteiger partial charge in [-0.3, -0.25) is 9.59 Å². The number of primary amides is 1. The first kappa shape index (κ1) is 11.6. The number of carbonyl (C=O) groups excluding carboxylic acids is 2. The predicted molar refractivity (Wildman–Crippen MR) is 65.7 cm³/mol. The lowest BCUT2D eigenvalue weighted by atomic mass is 10.1. The molecule has 1 aromatic carbocycles. The van der Waals surface area contributed by atoms with Gasteiger partial charge in [-0.05, 0) is 40.2 Å². The first-order valence-corrected chi connectivity index (χ1v) is 5.56. The number of benzene rings is 1. The summed E-state index contributed by atoms with van der Waals surface area (Å²) in [5.74, 6) is 0.228. The fourth-order valence-electron chi connectivity index (χ4n) is 1.44. The Hall–Kier alpha value is -1.88. The Morgan fingerprint density at radius 1 is 1.29 bits per heavy atom. The van der Waals surface area contributed by atoms with Crippen molar-refractivity contribution >= 4 is 28.1 Å². The Balaban J connectivity index is 2.49. The highest BCUT2D eigenvalue weighted by molar-refractivity contribution is 9.10. The van der Waals surface area contributed by atoms with E-state index >= 15 is 0 Å². The maximum Gasteiger partial charge on any atom is 0.249 e. The monoisotopic (exact) mass is 293 g/mol. The zero-order valence-electron chi connectivity index (χ0n) is 8.64. The van der Waals surface area contributed by atoms with E-state index in [1.54, 1.807) is 30.3 Å². The third-order valence-electron chi connectivity index (χ3n) is 2.26. The van der Waals surface area contributed by atoms with Crippen LogP contribution in [0.2, 0.25) is 0 Å². The van der Waals surface area contributed by atoms with E-state index in [2.05, 4.69) is 15.9 Å². The van der Waals surface area contributed by atoms with Crippen LogP contribution in [0, 0.1) is 0 Å². The van der Waals surface area contributed by atoms with Crippen LogP contribution >= 0.6 is 15.9 Å². The van der Waals surface area contributed by atoms with Crippen LogP contribution in [-0.2, 0) is 0 Å². The fraction of sp³-hybridized carbons (Fsp3) is 0. The van der Waals surface area contributed by atoms with Gasteiger partial charge in [0.25, 0.3) is 0 Å². The molecule has 5 heteroatoms. The number of carbonyl (C=O) groups is 2. The van der Waals surface area contributed by atoms with Crippen LogP contribution < -0.4 is 5.73 Å². The average Bonchev–Trinajstić information content (AvgIpc) is 2.78. The minimum absolute atomic E-state index is 0.239. The molecular formula is C12H8BrNO3. The standard InChI is InChI=1S/C12H8BrNO3/c13-10-3-1-7(5-9(10)12(14)16)11-4-2-8(6-15)17-11/h1-6H,(H2,14,16). The molecule has 0 saturated carbocycles. The van der Waals surface area contributed by atoms with Crippen molar-refractivity contribution in [1.82, 2.24) is 0 Å². The van der Waals surface area contributed by atoms with Crippen molar-refractivity contribution in [2.75, 3.05) is 0 Å². The normalized spacial score (nSPS) is 10.2. The van der Waals surface area contributed by atoms with Crippen molar-refractivity contribution in [3.63, 3.8) is 0 Å². The molecule has 0 bridgehead atoms. The summed E-state index contributed by atoms with van der Waals surface area (Å²) in [4.78, 5) is 21.7. The van der Waals surface area contributed by atoms with Gasteiger partial charge in [0.1, 0.15) is 5.76 Å². The van der Waals surface area contributed by atoms with E-state index in [1.807, 2.05) is 0 Å². The van der Waals surface area contributed by atoms with Crippen molar-refractivity contribution < 1.29 is 14.0 Å². The summed E-state index contributed by atoms with van der Waals surface area (Å²) in [6.07, 6.45) is 0.622. The summed E-state index contributed by atoms with van der Waals surface area (Å²) >= 11 is 3.23. The summed E-state index contributed by atoms with van der Waals surface area (Å²) in [5, 5.41) is 0. The second-order valence-corrected chi connectivity index (χ2v) is 4.23. The van der Waals surface area contributed by atoms with Gasteiger partial charge in [0.2, 0.25) is 5.91 Å². The molecule has 0 unspecified atom stereocenters. The molecule has 0 aliphatic carbocycles. The van der Waals surface area contributed by atoms with Gasteiger partial charge in [0.15, 0.2) is 12.0 Å². The summed E-state index contributed by atoms with van der Waals surface area (Å²) in [5.41, 5.74) is 6.29. The van der Waals surface area contributed by atoms with Crippen LogP contribution in [0.5, 0.6) is 0 Å². The van der Waals surface area contributed by atoms with Gasteiger partial charge in [-0.15, -0.1) is 0 Å². The first-order valence-electron chi connectivity index (χ1n) is 4.76. The molecule has 0 aliphatic rings. The molecule has 0 aliphatic heterocycles. The largest absolute Gasteiger partial charge is 0.453 e. The minimum atomic E-state index is -0.527. The predicted octanol–water partition coefficient (Wildman–Crippen LogP) is 2.62. The molecule has 1 amide bonds. The molecule has 0 radical (unpaired) electrons. The second kappa shape index (κ2) is 4.55. The highest BCUT2D eigenvalue weighted by atomic mass is 79.9. The Morgan fingerprint density at radius 3 is 2.65 bits per heavy atom. The van der Waals surface area contributed by atoms with Crippen LogP contribution in [0.25, 0.3) is 11.3 Å². The summed E-state index contributed by atoms with van der Waals surface area (Å²) in [6.45, 7) is 0. The summed E-state index contributed by atoms with van der Waals surface area (Å²) in [7, 11) is 0. The van der Waals surface area contributed by atoms with E-state index in [0.717, 1.165) is 0 Å². The molecule has 0 spiro atoms. The number of aldehydes is 1. The Kier molecular flexibility index (Phi) is 3.10. The Labute approximate surface area is 106 Å². The quantitative estimate of drug-likeness (QED) is 0.884. The number of amides is 1. The van der Waals surface area contributed by atoms with Gasteiger partial charge in [-0.25, -0.2) is 0 Å². The lowest BCUT2D eigenvalue weighted by molar-refractivity contribution is 0.0999. The van der Waals surface area contributed by atoms with E-state index in [-0.39, 0.29) is 5.76 Å². The van der Waals surface area contributed by atoms with Crippen molar-refractivity contribution in [2.24, 2.45) is 5.73 Å². The number of nitrogens with two attached hydrogens (primary N) is 1. The minimum Gasteiger partial charge on any atom is -0.453 e. The SMILES string of the molecule is NC(=O)c1cc(-c2ccc(C=O)o2)ccc1Br. The van der Waals surface area contributed by atoms with Crippen LogP contribution in [0.1, 0.15) is 20.9 Å². The maximum absolute atomic E-state index is 11.2. The molecule has 2 rings (SSSR count). The Bertz CT molecular complexity index is 589.